The highest BCUT2D eigenvalue weighted by molar-refractivity contribution is 7.15. The van der Waals surface area contributed by atoms with Gasteiger partial charge in [0.2, 0.25) is 5.13 Å². The van der Waals surface area contributed by atoms with Crippen LogP contribution in [0.2, 0.25) is 10.0 Å². The number of aromatic nitrogens is 1. The fraction of sp³-hybridized carbons (Fsp3) is 0.176. The number of nitrogens with zero attached hydrogens (tertiary/aromatic N) is 2. The van der Waals surface area contributed by atoms with Gasteiger partial charge in [-0.05, 0) is 35.6 Å². The molecule has 0 spiro atoms. The van der Waals surface area contributed by atoms with Crippen molar-refractivity contribution in [3.05, 3.63) is 50.6 Å². The summed E-state index contributed by atoms with van der Waals surface area (Å²) < 4.78 is 5.55. The Kier molecular flexibility index (Phi) is 6.31. The monoisotopic (exact) mass is 411 g/mol. The summed E-state index contributed by atoms with van der Waals surface area (Å²) in [5, 5.41) is 9.89. The molecule has 0 saturated carbocycles. The molecule has 0 fully saturated rings. The van der Waals surface area contributed by atoms with Gasteiger partial charge in [0.05, 0.1) is 33.4 Å². The zero-order valence-corrected chi connectivity index (χ0v) is 16.5. The van der Waals surface area contributed by atoms with E-state index in [0.29, 0.717) is 22.4 Å². The van der Waals surface area contributed by atoms with Gasteiger partial charge in [0.1, 0.15) is 0 Å². The first-order chi connectivity index (χ1) is 12.2. The molecule has 0 aliphatic carbocycles. The summed E-state index contributed by atoms with van der Waals surface area (Å²) >= 11 is 15.6. The zero-order valence-electron chi connectivity index (χ0n) is 13.3. The first kappa shape index (κ1) is 18.2. The first-order valence-corrected chi connectivity index (χ1v) is 10.1. The van der Waals surface area contributed by atoms with Gasteiger partial charge in [0.15, 0.2) is 5.75 Å². The van der Waals surface area contributed by atoms with Gasteiger partial charge in [-0.2, -0.15) is 5.10 Å². The summed E-state index contributed by atoms with van der Waals surface area (Å²) in [5.74, 6) is 0.510. The highest BCUT2D eigenvalue weighted by atomic mass is 35.5. The van der Waals surface area contributed by atoms with Crippen LogP contribution in [0.3, 0.4) is 0 Å². The van der Waals surface area contributed by atoms with E-state index in [1.807, 2.05) is 29.8 Å². The zero-order chi connectivity index (χ0) is 17.6. The summed E-state index contributed by atoms with van der Waals surface area (Å²) in [6, 6.07) is 7.58. The SMILES string of the molecule is CCCOc1c(Cl)cc(/C=N\Nc2nc(-c3cccs3)cs2)cc1Cl. The van der Waals surface area contributed by atoms with Gasteiger partial charge in [-0.15, -0.1) is 22.7 Å². The number of hydrogen-bond acceptors (Lipinski definition) is 6. The van der Waals surface area contributed by atoms with Gasteiger partial charge < -0.3 is 4.74 Å². The lowest BCUT2D eigenvalue weighted by atomic mass is 10.2. The van der Waals surface area contributed by atoms with Crippen LogP contribution in [0.4, 0.5) is 5.13 Å². The van der Waals surface area contributed by atoms with Gasteiger partial charge in [-0.1, -0.05) is 36.2 Å². The van der Waals surface area contributed by atoms with Crippen LogP contribution in [0.1, 0.15) is 18.9 Å². The van der Waals surface area contributed by atoms with Gasteiger partial charge >= 0.3 is 0 Å². The van der Waals surface area contributed by atoms with E-state index in [1.54, 1.807) is 29.7 Å². The molecule has 0 aliphatic rings. The second-order valence-electron chi connectivity index (χ2n) is 5.05. The van der Waals surface area contributed by atoms with Crippen LogP contribution in [0.5, 0.6) is 5.75 Å². The van der Waals surface area contributed by atoms with Crippen LogP contribution in [0.25, 0.3) is 10.6 Å². The van der Waals surface area contributed by atoms with Gasteiger partial charge in [0.25, 0.3) is 0 Å². The Morgan fingerprint density at radius 3 is 2.76 bits per heavy atom. The van der Waals surface area contributed by atoms with Crippen LogP contribution in [-0.2, 0) is 0 Å². The largest absolute Gasteiger partial charge is 0.490 e. The molecule has 0 saturated heterocycles. The van der Waals surface area contributed by atoms with Crippen molar-refractivity contribution in [2.45, 2.75) is 13.3 Å². The van der Waals surface area contributed by atoms with Crippen molar-refractivity contribution in [3.63, 3.8) is 0 Å². The number of hydrazone groups is 1. The highest BCUT2D eigenvalue weighted by Crippen LogP contribution is 2.34. The molecule has 4 nitrogen and oxygen atoms in total. The molecule has 2 heterocycles. The standard InChI is InChI=1S/C17H15Cl2N3OS2/c1-2-5-23-16-12(18)7-11(8-13(16)19)9-20-22-17-21-14(10-25-17)15-4-3-6-24-15/h3-4,6-10H,2,5H2,1H3,(H,21,22)/b20-9-. The molecule has 25 heavy (non-hydrogen) atoms. The molecule has 1 aromatic carbocycles. The highest BCUT2D eigenvalue weighted by Gasteiger charge is 2.09. The summed E-state index contributed by atoms with van der Waals surface area (Å²) in [7, 11) is 0. The van der Waals surface area contributed by atoms with E-state index in [9.17, 15) is 0 Å². The van der Waals surface area contributed by atoms with Crippen molar-refractivity contribution in [1.82, 2.24) is 4.98 Å². The molecule has 3 rings (SSSR count). The molecule has 0 unspecified atom stereocenters. The molecule has 0 amide bonds. The van der Waals surface area contributed by atoms with Crippen molar-refractivity contribution in [2.24, 2.45) is 5.10 Å². The third-order valence-corrected chi connectivity index (χ3v) is 5.32. The number of thiazole rings is 1. The van der Waals surface area contributed by atoms with E-state index in [-0.39, 0.29) is 0 Å². The quantitative estimate of drug-likeness (QED) is 0.360. The number of thiophene rings is 1. The van der Waals surface area contributed by atoms with Crippen molar-refractivity contribution >= 4 is 57.2 Å². The summed E-state index contributed by atoms with van der Waals surface area (Å²) in [6.45, 7) is 2.60. The molecule has 0 bridgehead atoms. The van der Waals surface area contributed by atoms with Gasteiger partial charge in [0, 0.05) is 5.38 Å². The molecule has 2 aromatic heterocycles. The number of nitrogens with one attached hydrogen (secondary N) is 1. The third-order valence-electron chi connectivity index (χ3n) is 3.12. The van der Waals surface area contributed by atoms with Crippen LogP contribution in [0, 0.1) is 0 Å². The van der Waals surface area contributed by atoms with Gasteiger partial charge in [-0.25, -0.2) is 4.98 Å². The van der Waals surface area contributed by atoms with Crippen molar-refractivity contribution in [1.29, 1.82) is 0 Å². The second kappa shape index (κ2) is 8.67. The molecule has 8 heteroatoms. The maximum atomic E-state index is 6.23. The number of halogens is 2. The van der Waals surface area contributed by atoms with Crippen LogP contribution < -0.4 is 10.2 Å². The molecule has 0 radical (unpaired) electrons. The van der Waals surface area contributed by atoms with Crippen LogP contribution >= 0.6 is 45.9 Å². The molecule has 130 valence electrons. The fourth-order valence-electron chi connectivity index (χ4n) is 2.02. The van der Waals surface area contributed by atoms with E-state index >= 15 is 0 Å². The lowest BCUT2D eigenvalue weighted by Crippen LogP contribution is -1.97. The number of rotatable bonds is 7. The third kappa shape index (κ3) is 4.73. The van der Waals surface area contributed by atoms with E-state index < -0.39 is 0 Å². The first-order valence-electron chi connectivity index (χ1n) is 7.57. The average molecular weight is 412 g/mol. The van der Waals surface area contributed by atoms with Crippen molar-refractivity contribution in [3.8, 4) is 16.3 Å². The Balaban J connectivity index is 1.66. The molecule has 0 aliphatic heterocycles. The normalized spacial score (nSPS) is 11.2. The maximum absolute atomic E-state index is 6.23. The number of hydrogen-bond donors (Lipinski definition) is 1. The predicted octanol–water partition coefficient (Wildman–Crippen LogP) is 6.41. The van der Waals surface area contributed by atoms with Gasteiger partial charge in [-0.3, -0.25) is 5.43 Å². The van der Waals surface area contributed by atoms with Crippen molar-refractivity contribution in [2.75, 3.05) is 12.0 Å². The predicted molar refractivity (Wildman–Crippen MR) is 109 cm³/mol. The Bertz CT molecular complexity index is 840. The van der Waals surface area contributed by atoms with Crippen LogP contribution in [0.15, 0.2) is 40.1 Å². The van der Waals surface area contributed by atoms with Crippen molar-refractivity contribution < 1.29 is 4.74 Å². The topological polar surface area (TPSA) is 46.5 Å². The number of benzene rings is 1. The summed E-state index contributed by atoms with van der Waals surface area (Å²) in [6.07, 6.45) is 2.54. The Labute approximate surface area is 164 Å². The fourth-order valence-corrected chi connectivity index (χ4v) is 4.05. The molecular formula is C17H15Cl2N3OS2. The van der Waals surface area contributed by atoms with E-state index in [1.165, 1.54) is 11.3 Å². The molecule has 0 atom stereocenters. The Morgan fingerprint density at radius 1 is 1.28 bits per heavy atom. The summed E-state index contributed by atoms with van der Waals surface area (Å²) in [5.41, 5.74) is 4.65. The Hall–Kier alpha value is -1.60. The maximum Gasteiger partial charge on any atom is 0.203 e. The number of anilines is 1. The minimum atomic E-state index is 0.469. The smallest absolute Gasteiger partial charge is 0.203 e. The average Bonchev–Trinajstić information content (AvgIpc) is 3.25. The minimum absolute atomic E-state index is 0.469. The molecular weight excluding hydrogens is 397 g/mol. The summed E-state index contributed by atoms with van der Waals surface area (Å²) in [4.78, 5) is 5.63. The Morgan fingerprint density at radius 2 is 2.08 bits per heavy atom. The molecule has 1 N–H and O–H groups in total. The molecule has 3 aromatic rings. The lowest BCUT2D eigenvalue weighted by Gasteiger charge is -2.09. The lowest BCUT2D eigenvalue weighted by molar-refractivity contribution is 0.318. The second-order valence-corrected chi connectivity index (χ2v) is 7.67. The number of ether oxygens (including phenoxy) is 1. The van der Waals surface area contributed by atoms with E-state index in [2.05, 4.69) is 15.5 Å². The minimum Gasteiger partial charge on any atom is -0.490 e. The van der Waals surface area contributed by atoms with E-state index in [4.69, 9.17) is 27.9 Å². The van der Waals surface area contributed by atoms with Crippen LogP contribution in [-0.4, -0.2) is 17.8 Å². The van der Waals surface area contributed by atoms with E-state index in [0.717, 1.165) is 27.7 Å².